The summed E-state index contributed by atoms with van der Waals surface area (Å²) >= 11 is 0. The third-order valence-corrected chi connectivity index (χ3v) is 3.11. The molecule has 0 atom stereocenters. The van der Waals surface area contributed by atoms with E-state index in [1.807, 2.05) is 13.0 Å². The molecule has 0 spiro atoms. The van der Waals surface area contributed by atoms with Crippen molar-refractivity contribution in [1.29, 1.82) is 0 Å². The number of rotatable bonds is 2. The van der Waals surface area contributed by atoms with Crippen LogP contribution in [-0.4, -0.2) is 15.2 Å². The number of halogens is 1. The minimum atomic E-state index is -0.352. The summed E-state index contributed by atoms with van der Waals surface area (Å²) < 4.78 is 18.6. The molecule has 1 heterocycles. The fraction of sp³-hybridized carbons (Fsp3) is 0.125. The number of phenolic OH excluding ortho intramolecular Hbond substituents is 1. The first-order chi connectivity index (χ1) is 10.0. The maximum absolute atomic E-state index is 13.4. The molecule has 1 N–H and O–H groups in total. The quantitative estimate of drug-likeness (QED) is 0.776. The zero-order valence-electron chi connectivity index (χ0n) is 11.6. The van der Waals surface area contributed by atoms with Crippen molar-refractivity contribution < 1.29 is 14.0 Å². The molecule has 0 radical (unpaired) electrons. The van der Waals surface area contributed by atoms with Crippen LogP contribution in [0.3, 0.4) is 0 Å². The van der Waals surface area contributed by atoms with E-state index < -0.39 is 0 Å². The maximum atomic E-state index is 13.4. The molecule has 4 nitrogen and oxygen atoms in total. The molecule has 0 saturated heterocycles. The van der Waals surface area contributed by atoms with Crippen molar-refractivity contribution in [2.45, 2.75) is 13.8 Å². The highest BCUT2D eigenvalue weighted by Gasteiger charge is 2.14. The number of benzene rings is 2. The third-order valence-electron chi connectivity index (χ3n) is 3.11. The van der Waals surface area contributed by atoms with Gasteiger partial charge in [0.2, 0.25) is 5.82 Å². The molecule has 0 saturated carbocycles. The van der Waals surface area contributed by atoms with Crippen molar-refractivity contribution in [1.82, 2.24) is 10.1 Å². The van der Waals surface area contributed by atoms with E-state index in [-0.39, 0.29) is 23.3 Å². The molecule has 5 heteroatoms. The molecule has 0 aliphatic heterocycles. The molecule has 106 valence electrons. The van der Waals surface area contributed by atoms with Gasteiger partial charge in [-0.2, -0.15) is 4.98 Å². The summed E-state index contributed by atoms with van der Waals surface area (Å²) in [6.07, 6.45) is 0. The van der Waals surface area contributed by atoms with Crippen LogP contribution in [0.25, 0.3) is 22.8 Å². The van der Waals surface area contributed by atoms with Crippen molar-refractivity contribution in [3.05, 3.63) is 53.3 Å². The van der Waals surface area contributed by atoms with Gasteiger partial charge in [0.1, 0.15) is 11.6 Å². The Labute approximate surface area is 120 Å². The Kier molecular flexibility index (Phi) is 3.17. The first-order valence-electron chi connectivity index (χ1n) is 6.44. The monoisotopic (exact) mass is 284 g/mol. The normalized spacial score (nSPS) is 10.8. The molecule has 3 rings (SSSR count). The molecule has 0 aliphatic rings. The van der Waals surface area contributed by atoms with E-state index in [1.54, 1.807) is 25.1 Å². The lowest BCUT2D eigenvalue weighted by Gasteiger charge is -2.00. The van der Waals surface area contributed by atoms with Gasteiger partial charge in [-0.1, -0.05) is 11.2 Å². The molecule has 0 unspecified atom stereocenters. The molecule has 21 heavy (non-hydrogen) atoms. The highest BCUT2D eigenvalue weighted by atomic mass is 19.1. The first-order valence-corrected chi connectivity index (χ1v) is 6.44. The van der Waals surface area contributed by atoms with Gasteiger partial charge < -0.3 is 9.63 Å². The predicted molar refractivity (Wildman–Crippen MR) is 76.3 cm³/mol. The Morgan fingerprint density at radius 3 is 2.57 bits per heavy atom. The van der Waals surface area contributed by atoms with Gasteiger partial charge >= 0.3 is 0 Å². The number of aromatic hydroxyl groups is 1. The Morgan fingerprint density at radius 2 is 1.86 bits per heavy atom. The first kappa shape index (κ1) is 13.3. The summed E-state index contributed by atoms with van der Waals surface area (Å²) in [6, 6.07) is 9.70. The molecule has 2 aromatic carbocycles. The van der Waals surface area contributed by atoms with Gasteiger partial charge in [-0.15, -0.1) is 0 Å². The second-order valence-electron chi connectivity index (χ2n) is 4.96. The van der Waals surface area contributed by atoms with E-state index in [0.717, 1.165) is 11.1 Å². The van der Waals surface area contributed by atoms with Crippen molar-refractivity contribution in [2.75, 3.05) is 0 Å². The van der Waals surface area contributed by atoms with Crippen LogP contribution in [-0.2, 0) is 0 Å². The summed E-state index contributed by atoms with van der Waals surface area (Å²) in [4.78, 5) is 4.22. The van der Waals surface area contributed by atoms with Gasteiger partial charge in [0.05, 0.1) is 5.56 Å². The van der Waals surface area contributed by atoms with Crippen LogP contribution in [0.1, 0.15) is 11.1 Å². The maximum Gasteiger partial charge on any atom is 0.261 e. The van der Waals surface area contributed by atoms with Crippen LogP contribution in [0.5, 0.6) is 5.75 Å². The highest BCUT2D eigenvalue weighted by Crippen LogP contribution is 2.30. The SMILES string of the molecule is Cc1cc(F)cc(-c2noc(-c3ccc(C)cc3O)n2)c1. The lowest BCUT2D eigenvalue weighted by molar-refractivity contribution is 0.425. The van der Waals surface area contributed by atoms with E-state index in [2.05, 4.69) is 10.1 Å². The highest BCUT2D eigenvalue weighted by molar-refractivity contribution is 5.65. The Bertz CT molecular complexity index is 792. The molecule has 0 aliphatic carbocycles. The number of phenols is 1. The molecule has 0 fully saturated rings. The fourth-order valence-electron chi connectivity index (χ4n) is 2.14. The van der Waals surface area contributed by atoms with Gasteiger partial charge in [0, 0.05) is 5.56 Å². The van der Waals surface area contributed by atoms with E-state index in [1.165, 1.54) is 12.1 Å². The van der Waals surface area contributed by atoms with Crippen molar-refractivity contribution in [3.63, 3.8) is 0 Å². The largest absolute Gasteiger partial charge is 0.507 e. The number of nitrogens with zero attached hydrogens (tertiary/aromatic N) is 2. The standard InChI is InChI=1S/C16H13FN2O2/c1-9-3-4-13(14(20)7-9)16-18-15(19-21-16)11-5-10(2)6-12(17)8-11/h3-8,20H,1-2H3. The molecular weight excluding hydrogens is 271 g/mol. The van der Waals surface area contributed by atoms with Crippen LogP contribution >= 0.6 is 0 Å². The van der Waals surface area contributed by atoms with E-state index in [4.69, 9.17) is 4.52 Å². The van der Waals surface area contributed by atoms with Crippen molar-refractivity contribution >= 4 is 0 Å². The van der Waals surface area contributed by atoms with Crippen molar-refractivity contribution in [2.24, 2.45) is 0 Å². The summed E-state index contributed by atoms with van der Waals surface area (Å²) in [5.41, 5.74) is 2.69. The van der Waals surface area contributed by atoms with Crippen LogP contribution in [0.2, 0.25) is 0 Å². The smallest absolute Gasteiger partial charge is 0.261 e. The average molecular weight is 284 g/mol. The van der Waals surface area contributed by atoms with Crippen LogP contribution in [0.15, 0.2) is 40.9 Å². The molecular formula is C16H13FN2O2. The van der Waals surface area contributed by atoms with Gasteiger partial charge in [0.25, 0.3) is 5.89 Å². The minimum Gasteiger partial charge on any atom is -0.507 e. The zero-order chi connectivity index (χ0) is 15.0. The van der Waals surface area contributed by atoms with Gasteiger partial charge in [0.15, 0.2) is 0 Å². The van der Waals surface area contributed by atoms with Gasteiger partial charge in [-0.25, -0.2) is 4.39 Å². The van der Waals surface area contributed by atoms with E-state index in [9.17, 15) is 9.50 Å². The van der Waals surface area contributed by atoms with E-state index in [0.29, 0.717) is 11.1 Å². The van der Waals surface area contributed by atoms with Crippen LogP contribution in [0.4, 0.5) is 4.39 Å². The summed E-state index contributed by atoms with van der Waals surface area (Å²) in [7, 11) is 0. The zero-order valence-corrected chi connectivity index (χ0v) is 11.6. The lowest BCUT2D eigenvalue weighted by Crippen LogP contribution is -1.86. The second-order valence-corrected chi connectivity index (χ2v) is 4.96. The molecule has 0 bridgehead atoms. The lowest BCUT2D eigenvalue weighted by atomic mass is 10.1. The average Bonchev–Trinajstić information content (AvgIpc) is 2.87. The summed E-state index contributed by atoms with van der Waals surface area (Å²) in [6.45, 7) is 3.66. The topological polar surface area (TPSA) is 59.2 Å². The molecule has 1 aromatic heterocycles. The molecule has 3 aromatic rings. The number of aryl methyl sites for hydroxylation is 2. The van der Waals surface area contributed by atoms with Crippen molar-refractivity contribution in [3.8, 4) is 28.6 Å². The summed E-state index contributed by atoms with van der Waals surface area (Å²) in [5.74, 6) is 0.201. The second kappa shape index (κ2) is 5.01. The fourth-order valence-corrected chi connectivity index (χ4v) is 2.14. The Hall–Kier alpha value is -2.69. The third kappa shape index (κ3) is 2.63. The van der Waals surface area contributed by atoms with Crippen LogP contribution in [0, 0.1) is 19.7 Å². The van der Waals surface area contributed by atoms with Gasteiger partial charge in [-0.3, -0.25) is 0 Å². The van der Waals surface area contributed by atoms with Gasteiger partial charge in [-0.05, 0) is 55.3 Å². The number of aromatic nitrogens is 2. The minimum absolute atomic E-state index is 0.0700. The Balaban J connectivity index is 2.03. The summed E-state index contributed by atoms with van der Waals surface area (Å²) in [5, 5.41) is 13.8. The molecule has 0 amide bonds. The number of hydrogen-bond donors (Lipinski definition) is 1. The van der Waals surface area contributed by atoms with E-state index >= 15 is 0 Å². The number of hydrogen-bond acceptors (Lipinski definition) is 4. The Morgan fingerprint density at radius 1 is 1.05 bits per heavy atom. The van der Waals surface area contributed by atoms with Crippen LogP contribution < -0.4 is 0 Å². The predicted octanol–water partition coefficient (Wildman–Crippen LogP) is 3.87.